The monoisotopic (exact) mass is 280 g/mol. The van der Waals surface area contributed by atoms with Crippen LogP contribution in [0.15, 0.2) is 37.0 Å². The van der Waals surface area contributed by atoms with Gasteiger partial charge in [-0.25, -0.2) is 9.59 Å². The molecule has 1 rings (SSSR count). The van der Waals surface area contributed by atoms with Crippen molar-refractivity contribution < 1.29 is 19.1 Å². The molecule has 0 aromatic carbocycles. The van der Waals surface area contributed by atoms with Crippen molar-refractivity contribution in [3.63, 3.8) is 0 Å². The first-order chi connectivity index (χ1) is 9.54. The Bertz CT molecular complexity index is 363. The van der Waals surface area contributed by atoms with Gasteiger partial charge >= 0.3 is 11.9 Å². The minimum Gasteiger partial charge on any atom is -0.466 e. The van der Waals surface area contributed by atoms with E-state index in [1.54, 1.807) is 19.1 Å². The molecular weight excluding hydrogens is 256 g/mol. The third kappa shape index (κ3) is 8.29. The van der Waals surface area contributed by atoms with Crippen LogP contribution in [0.3, 0.4) is 0 Å². The average molecular weight is 280 g/mol. The zero-order valence-electron chi connectivity index (χ0n) is 12.4. The lowest BCUT2D eigenvalue weighted by Crippen LogP contribution is -2.21. The van der Waals surface area contributed by atoms with E-state index in [0.29, 0.717) is 5.57 Å². The van der Waals surface area contributed by atoms with Crippen molar-refractivity contribution in [2.75, 3.05) is 7.11 Å². The Hall–Kier alpha value is -1.84. The minimum absolute atomic E-state index is 0.143. The molecule has 0 unspecified atom stereocenters. The van der Waals surface area contributed by atoms with Gasteiger partial charge in [0.05, 0.1) is 7.11 Å². The van der Waals surface area contributed by atoms with E-state index < -0.39 is 5.97 Å². The fourth-order valence-electron chi connectivity index (χ4n) is 1.76. The molecule has 0 heterocycles. The van der Waals surface area contributed by atoms with Crippen LogP contribution in [-0.2, 0) is 19.1 Å². The first kappa shape index (κ1) is 18.2. The standard InChI is InChI=1S/C12H18O2.C4H6O2/c1-3-7-10(2)12(13)14-11-8-5-4-6-9-11;1-3-4(5)6-2/h3,7,11H,1,4-6,8-9H2,2H3;3H,1H2,2H3. The molecule has 1 aliphatic rings. The van der Waals surface area contributed by atoms with Crippen LogP contribution in [0, 0.1) is 0 Å². The van der Waals surface area contributed by atoms with Crippen molar-refractivity contribution >= 4 is 11.9 Å². The summed E-state index contributed by atoms with van der Waals surface area (Å²) < 4.78 is 9.49. The normalized spacial score (nSPS) is 15.4. The fraction of sp³-hybridized carbons (Fsp3) is 0.500. The molecule has 1 aliphatic carbocycles. The van der Waals surface area contributed by atoms with E-state index in [-0.39, 0.29) is 12.1 Å². The van der Waals surface area contributed by atoms with Crippen LogP contribution in [0.25, 0.3) is 0 Å². The largest absolute Gasteiger partial charge is 0.466 e. The molecule has 0 radical (unpaired) electrons. The Morgan fingerprint density at radius 1 is 1.15 bits per heavy atom. The van der Waals surface area contributed by atoms with Gasteiger partial charge in [0.2, 0.25) is 0 Å². The van der Waals surface area contributed by atoms with Gasteiger partial charge in [-0.3, -0.25) is 0 Å². The zero-order chi connectivity index (χ0) is 15.4. The molecule has 0 aliphatic heterocycles. The molecule has 4 nitrogen and oxygen atoms in total. The Morgan fingerprint density at radius 2 is 1.75 bits per heavy atom. The van der Waals surface area contributed by atoms with Gasteiger partial charge < -0.3 is 9.47 Å². The summed E-state index contributed by atoms with van der Waals surface area (Å²) in [4.78, 5) is 21.3. The number of allylic oxidation sites excluding steroid dienone is 2. The molecule has 0 bridgehead atoms. The molecule has 112 valence electrons. The van der Waals surface area contributed by atoms with Crippen LogP contribution in [-0.4, -0.2) is 25.2 Å². The van der Waals surface area contributed by atoms with Crippen LogP contribution in [0.2, 0.25) is 0 Å². The van der Waals surface area contributed by atoms with Crippen molar-refractivity contribution in [3.05, 3.63) is 37.0 Å². The summed E-state index contributed by atoms with van der Waals surface area (Å²) in [6, 6.07) is 0. The maximum absolute atomic E-state index is 11.5. The van der Waals surface area contributed by atoms with E-state index in [1.807, 2.05) is 0 Å². The first-order valence-corrected chi connectivity index (χ1v) is 6.75. The topological polar surface area (TPSA) is 52.6 Å². The second kappa shape index (κ2) is 11.0. The van der Waals surface area contributed by atoms with Crippen LogP contribution >= 0.6 is 0 Å². The van der Waals surface area contributed by atoms with Crippen molar-refractivity contribution in [2.45, 2.75) is 45.1 Å². The van der Waals surface area contributed by atoms with Crippen molar-refractivity contribution in [1.29, 1.82) is 0 Å². The Morgan fingerprint density at radius 3 is 2.15 bits per heavy atom. The van der Waals surface area contributed by atoms with Crippen molar-refractivity contribution in [1.82, 2.24) is 0 Å². The summed E-state index contributed by atoms with van der Waals surface area (Å²) in [5, 5.41) is 0. The van der Waals surface area contributed by atoms with Gasteiger partial charge in [-0.1, -0.05) is 31.7 Å². The number of hydrogen-bond donors (Lipinski definition) is 0. The van der Waals surface area contributed by atoms with Gasteiger partial charge in [0.1, 0.15) is 6.10 Å². The minimum atomic E-state index is -0.394. The number of ether oxygens (including phenoxy) is 2. The predicted molar refractivity (Wildman–Crippen MR) is 79.1 cm³/mol. The van der Waals surface area contributed by atoms with E-state index in [9.17, 15) is 9.59 Å². The highest BCUT2D eigenvalue weighted by Crippen LogP contribution is 2.21. The number of rotatable bonds is 4. The zero-order valence-corrected chi connectivity index (χ0v) is 12.4. The third-order valence-electron chi connectivity index (χ3n) is 2.88. The summed E-state index contributed by atoms with van der Waals surface area (Å²) >= 11 is 0. The fourth-order valence-corrected chi connectivity index (χ4v) is 1.76. The molecule has 0 saturated heterocycles. The molecule has 0 atom stereocenters. The molecule has 1 saturated carbocycles. The molecule has 20 heavy (non-hydrogen) atoms. The van der Waals surface area contributed by atoms with Gasteiger partial charge in [-0.05, 0) is 32.6 Å². The van der Waals surface area contributed by atoms with Crippen LogP contribution < -0.4 is 0 Å². The molecule has 0 amide bonds. The smallest absolute Gasteiger partial charge is 0.333 e. The quantitative estimate of drug-likeness (QED) is 0.450. The summed E-state index contributed by atoms with van der Waals surface area (Å²) in [6.07, 6.45) is 10.2. The number of methoxy groups -OCH3 is 1. The highest BCUT2D eigenvalue weighted by atomic mass is 16.5. The summed E-state index contributed by atoms with van der Waals surface area (Å²) in [7, 11) is 1.31. The molecule has 1 fully saturated rings. The summed E-state index contributed by atoms with van der Waals surface area (Å²) in [5.41, 5.74) is 0.630. The summed E-state index contributed by atoms with van der Waals surface area (Å²) in [6.45, 7) is 8.46. The lowest BCUT2D eigenvalue weighted by Gasteiger charge is -2.21. The van der Waals surface area contributed by atoms with Crippen molar-refractivity contribution in [2.24, 2.45) is 0 Å². The Balaban J connectivity index is 0.000000511. The van der Waals surface area contributed by atoms with Gasteiger partial charge in [0, 0.05) is 11.6 Å². The number of carbonyl (C=O) groups is 2. The number of esters is 2. The first-order valence-electron chi connectivity index (χ1n) is 6.75. The molecule has 0 N–H and O–H groups in total. The number of hydrogen-bond acceptors (Lipinski definition) is 4. The van der Waals surface area contributed by atoms with Gasteiger partial charge in [0.15, 0.2) is 0 Å². The van der Waals surface area contributed by atoms with Gasteiger partial charge in [-0.15, -0.1) is 0 Å². The molecular formula is C16H24O4. The van der Waals surface area contributed by atoms with Crippen LogP contribution in [0.5, 0.6) is 0 Å². The average Bonchev–Trinajstić information content (AvgIpc) is 2.48. The third-order valence-corrected chi connectivity index (χ3v) is 2.88. The number of carbonyl (C=O) groups excluding carboxylic acids is 2. The van der Waals surface area contributed by atoms with E-state index >= 15 is 0 Å². The Labute approximate surface area is 121 Å². The van der Waals surface area contributed by atoms with Crippen LogP contribution in [0.4, 0.5) is 0 Å². The summed E-state index contributed by atoms with van der Waals surface area (Å²) in [5.74, 6) is -0.591. The molecule has 0 aromatic heterocycles. The highest BCUT2D eigenvalue weighted by Gasteiger charge is 2.17. The van der Waals surface area contributed by atoms with Gasteiger partial charge in [-0.2, -0.15) is 0 Å². The lowest BCUT2D eigenvalue weighted by molar-refractivity contribution is -0.145. The molecule has 4 heteroatoms. The Kier molecular flexibility index (Phi) is 10.0. The van der Waals surface area contributed by atoms with E-state index in [4.69, 9.17) is 4.74 Å². The van der Waals surface area contributed by atoms with Gasteiger partial charge in [0.25, 0.3) is 0 Å². The van der Waals surface area contributed by atoms with E-state index in [2.05, 4.69) is 17.9 Å². The highest BCUT2D eigenvalue weighted by molar-refractivity contribution is 5.88. The van der Waals surface area contributed by atoms with Crippen LogP contribution in [0.1, 0.15) is 39.0 Å². The maximum atomic E-state index is 11.5. The van der Waals surface area contributed by atoms with E-state index in [0.717, 1.165) is 18.9 Å². The second-order valence-electron chi connectivity index (χ2n) is 4.48. The second-order valence-corrected chi connectivity index (χ2v) is 4.48. The predicted octanol–water partition coefficient (Wildman–Crippen LogP) is 3.34. The van der Waals surface area contributed by atoms with E-state index in [1.165, 1.54) is 26.4 Å². The maximum Gasteiger partial charge on any atom is 0.333 e. The van der Waals surface area contributed by atoms with Crippen molar-refractivity contribution in [3.8, 4) is 0 Å². The lowest BCUT2D eigenvalue weighted by atomic mass is 9.98. The molecule has 0 spiro atoms. The molecule has 0 aromatic rings. The SMILES string of the molecule is C=CC(=O)OC.C=CC=C(C)C(=O)OC1CCCCC1.